The first-order chi connectivity index (χ1) is 15.9. The number of nitrogens with zero attached hydrogens (tertiary/aromatic N) is 5. The van der Waals surface area contributed by atoms with E-state index >= 15 is 0 Å². The summed E-state index contributed by atoms with van der Waals surface area (Å²) < 4.78 is 25.4. The summed E-state index contributed by atoms with van der Waals surface area (Å²) in [4.78, 5) is 21.8. The average molecular weight is 461 g/mol. The molecule has 1 saturated carbocycles. The van der Waals surface area contributed by atoms with Crippen LogP contribution >= 0.6 is 0 Å². The number of amides is 1. The Morgan fingerprint density at radius 3 is 2.58 bits per heavy atom. The average Bonchev–Trinajstić information content (AvgIpc) is 3.55. The number of rotatable bonds is 6. The van der Waals surface area contributed by atoms with E-state index < -0.39 is 15.7 Å². The van der Waals surface area contributed by atoms with E-state index in [0.717, 1.165) is 30.2 Å². The SMILES string of the molecule is CS(=O)(=O)c1ccc(-c2ccnc(C(=O)Nc3cccc(-c4nncn4C4CC4)n3)c2)cc1. The summed E-state index contributed by atoms with van der Waals surface area (Å²) >= 11 is 0. The maximum atomic E-state index is 12.8. The fourth-order valence-corrected chi connectivity index (χ4v) is 4.11. The molecule has 5 rings (SSSR count). The van der Waals surface area contributed by atoms with Crippen LogP contribution in [0.15, 0.2) is 72.0 Å². The number of hydrogen-bond acceptors (Lipinski definition) is 7. The number of anilines is 1. The first kappa shape index (κ1) is 21.0. The largest absolute Gasteiger partial charge is 0.309 e. The van der Waals surface area contributed by atoms with Gasteiger partial charge >= 0.3 is 0 Å². The van der Waals surface area contributed by atoms with Gasteiger partial charge in [0.15, 0.2) is 15.7 Å². The zero-order chi connectivity index (χ0) is 23.0. The molecule has 3 heterocycles. The zero-order valence-electron chi connectivity index (χ0n) is 17.7. The van der Waals surface area contributed by atoms with Crippen LogP contribution in [0.1, 0.15) is 29.4 Å². The number of sulfone groups is 1. The highest BCUT2D eigenvalue weighted by molar-refractivity contribution is 7.90. The van der Waals surface area contributed by atoms with E-state index in [4.69, 9.17) is 0 Å². The van der Waals surface area contributed by atoms with Gasteiger partial charge in [-0.25, -0.2) is 13.4 Å². The molecular weight excluding hydrogens is 440 g/mol. The Morgan fingerprint density at radius 2 is 1.85 bits per heavy atom. The van der Waals surface area contributed by atoms with E-state index in [1.807, 2.05) is 10.6 Å². The van der Waals surface area contributed by atoms with Crippen LogP contribution in [0.2, 0.25) is 0 Å². The summed E-state index contributed by atoms with van der Waals surface area (Å²) in [6.07, 6.45) is 6.60. The number of carbonyl (C=O) groups excluding carboxylic acids is 1. The minimum atomic E-state index is -3.28. The molecule has 4 aromatic rings. The summed E-state index contributed by atoms with van der Waals surface area (Å²) in [7, 11) is -3.28. The van der Waals surface area contributed by atoms with E-state index in [1.54, 1.807) is 54.9 Å². The highest BCUT2D eigenvalue weighted by atomic mass is 32.2. The molecule has 0 unspecified atom stereocenters. The molecule has 0 aliphatic heterocycles. The maximum absolute atomic E-state index is 12.8. The Labute approximate surface area is 190 Å². The van der Waals surface area contributed by atoms with Gasteiger partial charge in [-0.3, -0.25) is 9.78 Å². The van der Waals surface area contributed by atoms with Crippen molar-refractivity contribution in [2.75, 3.05) is 11.6 Å². The summed E-state index contributed by atoms with van der Waals surface area (Å²) in [5.74, 6) is 0.650. The van der Waals surface area contributed by atoms with Crippen molar-refractivity contribution >= 4 is 21.6 Å². The zero-order valence-corrected chi connectivity index (χ0v) is 18.5. The minimum Gasteiger partial charge on any atom is -0.309 e. The number of pyridine rings is 2. The first-order valence-corrected chi connectivity index (χ1v) is 12.2. The second-order valence-electron chi connectivity index (χ2n) is 7.88. The third kappa shape index (κ3) is 4.51. The third-order valence-electron chi connectivity index (χ3n) is 5.34. The van der Waals surface area contributed by atoms with Crippen LogP contribution in [0, 0.1) is 0 Å². The van der Waals surface area contributed by atoms with Crippen molar-refractivity contribution in [1.82, 2.24) is 24.7 Å². The van der Waals surface area contributed by atoms with Gasteiger partial charge in [0.05, 0.1) is 4.90 Å². The van der Waals surface area contributed by atoms with Crippen LogP contribution < -0.4 is 5.32 Å². The second kappa shape index (κ2) is 8.21. The Bertz CT molecular complexity index is 1440. The molecule has 9 nitrogen and oxygen atoms in total. The van der Waals surface area contributed by atoms with Gasteiger partial charge in [0.2, 0.25) is 0 Å². The lowest BCUT2D eigenvalue weighted by atomic mass is 10.1. The first-order valence-electron chi connectivity index (χ1n) is 10.3. The van der Waals surface area contributed by atoms with Crippen molar-refractivity contribution in [2.24, 2.45) is 0 Å². The number of hydrogen-bond donors (Lipinski definition) is 1. The molecule has 10 heteroatoms. The minimum absolute atomic E-state index is 0.216. The molecule has 3 aromatic heterocycles. The number of nitrogens with one attached hydrogen (secondary N) is 1. The van der Waals surface area contributed by atoms with Crippen LogP contribution in [0.4, 0.5) is 5.82 Å². The number of carbonyl (C=O) groups is 1. The third-order valence-corrected chi connectivity index (χ3v) is 6.47. The van der Waals surface area contributed by atoms with Gasteiger partial charge in [-0.1, -0.05) is 18.2 Å². The molecule has 1 amide bonds. The molecule has 0 spiro atoms. The molecule has 1 N–H and O–H groups in total. The van der Waals surface area contributed by atoms with Crippen LogP contribution in [0.25, 0.3) is 22.6 Å². The van der Waals surface area contributed by atoms with Gasteiger partial charge in [0, 0.05) is 18.5 Å². The Hall–Kier alpha value is -3.92. The predicted molar refractivity (Wildman–Crippen MR) is 122 cm³/mol. The smallest absolute Gasteiger partial charge is 0.275 e. The molecule has 0 bridgehead atoms. The van der Waals surface area contributed by atoms with E-state index in [9.17, 15) is 13.2 Å². The van der Waals surface area contributed by atoms with Crippen molar-refractivity contribution < 1.29 is 13.2 Å². The van der Waals surface area contributed by atoms with Gasteiger partial charge in [-0.2, -0.15) is 0 Å². The maximum Gasteiger partial charge on any atom is 0.275 e. The van der Waals surface area contributed by atoms with Crippen LogP contribution in [-0.4, -0.2) is 45.3 Å². The van der Waals surface area contributed by atoms with Crippen LogP contribution in [0.3, 0.4) is 0 Å². The highest BCUT2D eigenvalue weighted by Crippen LogP contribution is 2.37. The lowest BCUT2D eigenvalue weighted by Gasteiger charge is -2.08. The van der Waals surface area contributed by atoms with E-state index in [0.29, 0.717) is 23.4 Å². The van der Waals surface area contributed by atoms with Gasteiger partial charge in [0.25, 0.3) is 5.91 Å². The van der Waals surface area contributed by atoms with Crippen LogP contribution in [0.5, 0.6) is 0 Å². The topological polar surface area (TPSA) is 120 Å². The van der Waals surface area contributed by atoms with Crippen molar-refractivity contribution in [1.29, 1.82) is 0 Å². The fourth-order valence-electron chi connectivity index (χ4n) is 3.48. The van der Waals surface area contributed by atoms with E-state index in [-0.39, 0.29) is 10.6 Å². The molecule has 0 saturated heterocycles. The Balaban J connectivity index is 1.36. The van der Waals surface area contributed by atoms with Gasteiger partial charge in [0.1, 0.15) is 23.5 Å². The Morgan fingerprint density at radius 1 is 1.06 bits per heavy atom. The van der Waals surface area contributed by atoms with Gasteiger partial charge in [-0.05, 0) is 60.4 Å². The van der Waals surface area contributed by atoms with E-state index in [1.165, 1.54) is 6.20 Å². The van der Waals surface area contributed by atoms with Gasteiger partial charge in [-0.15, -0.1) is 10.2 Å². The highest BCUT2D eigenvalue weighted by Gasteiger charge is 2.27. The lowest BCUT2D eigenvalue weighted by molar-refractivity contribution is 0.102. The summed E-state index contributed by atoms with van der Waals surface area (Å²) in [6, 6.07) is 15.6. The molecule has 166 valence electrons. The molecular formula is C23H20N6O3S. The fraction of sp³-hybridized carbons (Fsp3) is 0.174. The molecule has 1 aliphatic rings. The molecule has 0 atom stereocenters. The normalized spacial score (nSPS) is 13.6. The molecule has 1 fully saturated rings. The molecule has 1 aliphatic carbocycles. The number of benzene rings is 1. The molecule has 33 heavy (non-hydrogen) atoms. The van der Waals surface area contributed by atoms with E-state index in [2.05, 4.69) is 25.5 Å². The van der Waals surface area contributed by atoms with Crippen molar-refractivity contribution in [3.05, 3.63) is 72.8 Å². The van der Waals surface area contributed by atoms with Crippen molar-refractivity contribution in [2.45, 2.75) is 23.8 Å². The standard InChI is InChI=1S/C23H20N6O3S/c1-33(31,32)18-9-5-15(6-10-18)16-11-12-24-20(13-16)23(30)27-21-4-2-3-19(26-21)22-28-25-14-29(22)17-7-8-17/h2-6,9-14,17H,7-8H2,1H3,(H,26,27,30). The summed E-state index contributed by atoms with van der Waals surface area (Å²) in [5.41, 5.74) is 2.37. The van der Waals surface area contributed by atoms with Crippen molar-refractivity contribution in [3.63, 3.8) is 0 Å². The molecule has 1 aromatic carbocycles. The number of aromatic nitrogens is 5. The Kier molecular flexibility index (Phi) is 5.21. The second-order valence-corrected chi connectivity index (χ2v) is 9.90. The predicted octanol–water partition coefficient (Wildman–Crippen LogP) is 3.39. The molecule has 0 radical (unpaired) electrons. The summed E-state index contributed by atoms with van der Waals surface area (Å²) in [6.45, 7) is 0. The monoisotopic (exact) mass is 460 g/mol. The van der Waals surface area contributed by atoms with Gasteiger partial charge < -0.3 is 9.88 Å². The van der Waals surface area contributed by atoms with Crippen molar-refractivity contribution in [3.8, 4) is 22.6 Å². The van der Waals surface area contributed by atoms with Crippen LogP contribution in [-0.2, 0) is 9.84 Å². The quantitative estimate of drug-likeness (QED) is 0.468. The summed E-state index contributed by atoms with van der Waals surface area (Å²) in [5, 5.41) is 11.0. The lowest BCUT2D eigenvalue weighted by Crippen LogP contribution is -2.15.